The van der Waals surface area contributed by atoms with Crippen LogP contribution in [0.15, 0.2) is 0 Å². The van der Waals surface area contributed by atoms with Gasteiger partial charge in [0.2, 0.25) is 5.79 Å². The number of rotatable bonds is 1. The number of nitrogens with zero attached hydrogens (tertiary/aromatic N) is 1. The molecule has 76 valence electrons. The second-order valence-corrected chi connectivity index (χ2v) is 4.30. The molecule has 0 radical (unpaired) electrons. The molecule has 1 aliphatic rings. The lowest BCUT2D eigenvalue weighted by atomic mass is 10.2. The van der Waals surface area contributed by atoms with Crippen molar-refractivity contribution in [2.75, 3.05) is 0 Å². The Morgan fingerprint density at radius 3 is 2.00 bits per heavy atom. The second-order valence-electron chi connectivity index (χ2n) is 4.30. The number of hydrogen-bond donors (Lipinski definition) is 1. The summed E-state index contributed by atoms with van der Waals surface area (Å²) in [6, 6.07) is 0.0245. The monoisotopic (exact) mass is 187 g/mol. The Morgan fingerprint density at radius 1 is 1.38 bits per heavy atom. The van der Waals surface area contributed by atoms with E-state index < -0.39 is 11.5 Å². The van der Waals surface area contributed by atoms with Gasteiger partial charge in [-0.15, -0.1) is 0 Å². The average molecular weight is 187 g/mol. The van der Waals surface area contributed by atoms with Crippen LogP contribution in [0.4, 0.5) is 0 Å². The molecule has 1 aliphatic heterocycles. The summed E-state index contributed by atoms with van der Waals surface area (Å²) in [5, 5.41) is 9.60. The van der Waals surface area contributed by atoms with Gasteiger partial charge in [0.15, 0.2) is 0 Å². The number of amides is 1. The van der Waals surface area contributed by atoms with Crippen LogP contribution in [0.3, 0.4) is 0 Å². The first-order valence-corrected chi connectivity index (χ1v) is 4.45. The Labute approximate surface area is 78.5 Å². The summed E-state index contributed by atoms with van der Waals surface area (Å²) in [6.45, 7) is 8.70. The molecule has 13 heavy (non-hydrogen) atoms. The van der Waals surface area contributed by atoms with Crippen molar-refractivity contribution in [1.82, 2.24) is 4.90 Å². The van der Waals surface area contributed by atoms with Gasteiger partial charge in [-0.25, -0.2) is 0 Å². The molecule has 1 rings (SSSR count). The summed E-state index contributed by atoms with van der Waals surface area (Å²) in [5.41, 5.74) is -0.727. The van der Waals surface area contributed by atoms with E-state index in [1.165, 1.54) is 6.92 Å². The number of hydrogen-bond acceptors (Lipinski definition) is 3. The van der Waals surface area contributed by atoms with E-state index in [0.717, 1.165) is 0 Å². The van der Waals surface area contributed by atoms with Gasteiger partial charge in [-0.3, -0.25) is 4.79 Å². The van der Waals surface area contributed by atoms with Crippen molar-refractivity contribution in [1.29, 1.82) is 0 Å². The molecule has 0 aromatic rings. The molecule has 0 aromatic carbocycles. The molecule has 1 N–H and O–H groups in total. The smallest absolute Gasteiger partial charge is 0.284 e. The quantitative estimate of drug-likeness (QED) is 0.657. The fourth-order valence-electron chi connectivity index (χ4n) is 1.90. The van der Waals surface area contributed by atoms with Gasteiger partial charge in [0.05, 0.1) is 0 Å². The average Bonchev–Trinajstić information content (AvgIpc) is 1.96. The topological polar surface area (TPSA) is 49.8 Å². The zero-order valence-corrected chi connectivity index (χ0v) is 8.79. The van der Waals surface area contributed by atoms with Crippen molar-refractivity contribution in [3.8, 4) is 0 Å². The maximum Gasteiger partial charge on any atom is 0.284 e. The van der Waals surface area contributed by atoms with Crippen molar-refractivity contribution >= 4 is 5.91 Å². The number of carbonyl (C=O) groups excluding carboxylic acids is 1. The summed E-state index contributed by atoms with van der Waals surface area (Å²) in [5.74, 6) is -2.04. The Morgan fingerprint density at radius 2 is 1.85 bits per heavy atom. The maximum absolute atomic E-state index is 11.6. The summed E-state index contributed by atoms with van der Waals surface area (Å²) in [7, 11) is 0. The molecular formula is C9H17NO3. The van der Waals surface area contributed by atoms with Gasteiger partial charge in [0.1, 0.15) is 5.72 Å². The summed E-state index contributed by atoms with van der Waals surface area (Å²) < 4.78 is 5.25. The summed E-state index contributed by atoms with van der Waals surface area (Å²) in [4.78, 5) is 13.2. The lowest BCUT2D eigenvalue weighted by molar-refractivity contribution is -0.209. The van der Waals surface area contributed by atoms with E-state index in [-0.39, 0.29) is 11.9 Å². The van der Waals surface area contributed by atoms with Gasteiger partial charge in [-0.2, -0.15) is 0 Å². The largest absolute Gasteiger partial charge is 0.358 e. The lowest BCUT2D eigenvalue weighted by Crippen LogP contribution is -2.46. The van der Waals surface area contributed by atoms with E-state index in [1.807, 2.05) is 13.8 Å². The first kappa shape index (κ1) is 10.5. The van der Waals surface area contributed by atoms with E-state index in [1.54, 1.807) is 18.7 Å². The zero-order valence-electron chi connectivity index (χ0n) is 8.79. The number of ether oxygens (including phenoxy) is 1. The SMILES string of the molecule is CC(C)N1C(=O)C(C)(O)OC1(C)C. The Kier molecular flexibility index (Phi) is 2.16. The fraction of sp³-hybridized carbons (Fsp3) is 0.889. The highest BCUT2D eigenvalue weighted by atomic mass is 16.7. The van der Waals surface area contributed by atoms with E-state index in [0.29, 0.717) is 0 Å². The highest BCUT2D eigenvalue weighted by Gasteiger charge is 2.53. The molecule has 0 saturated carbocycles. The van der Waals surface area contributed by atoms with Crippen LogP contribution in [-0.2, 0) is 9.53 Å². The first-order chi connectivity index (χ1) is 5.68. The molecule has 1 amide bonds. The van der Waals surface area contributed by atoms with Crippen LogP contribution < -0.4 is 0 Å². The van der Waals surface area contributed by atoms with Gasteiger partial charge < -0.3 is 14.7 Å². The molecule has 0 spiro atoms. The van der Waals surface area contributed by atoms with Crippen molar-refractivity contribution < 1.29 is 14.6 Å². The molecule has 4 heteroatoms. The van der Waals surface area contributed by atoms with Crippen LogP contribution in [-0.4, -0.2) is 33.5 Å². The molecule has 1 fully saturated rings. The van der Waals surface area contributed by atoms with Gasteiger partial charge >= 0.3 is 0 Å². The molecular weight excluding hydrogens is 170 g/mol. The van der Waals surface area contributed by atoms with Gasteiger partial charge in [0.25, 0.3) is 5.91 Å². The second kappa shape index (κ2) is 2.69. The van der Waals surface area contributed by atoms with Crippen LogP contribution >= 0.6 is 0 Å². The third-order valence-electron chi connectivity index (χ3n) is 2.16. The minimum atomic E-state index is -1.67. The van der Waals surface area contributed by atoms with E-state index in [2.05, 4.69) is 0 Å². The Bertz CT molecular complexity index is 233. The van der Waals surface area contributed by atoms with Crippen LogP contribution in [0, 0.1) is 0 Å². The molecule has 1 atom stereocenters. The Hall–Kier alpha value is -0.610. The molecule has 1 heterocycles. The van der Waals surface area contributed by atoms with Crippen LogP contribution in [0.5, 0.6) is 0 Å². The maximum atomic E-state index is 11.6. The number of carbonyl (C=O) groups is 1. The van der Waals surface area contributed by atoms with Crippen molar-refractivity contribution in [2.24, 2.45) is 0 Å². The molecule has 4 nitrogen and oxygen atoms in total. The van der Waals surface area contributed by atoms with E-state index in [4.69, 9.17) is 4.74 Å². The van der Waals surface area contributed by atoms with Crippen molar-refractivity contribution in [3.63, 3.8) is 0 Å². The standard InChI is InChI=1S/C9H17NO3/c1-6(2)10-7(11)9(5,12)13-8(10,3)4/h6,12H,1-5H3. The molecule has 0 aromatic heterocycles. The van der Waals surface area contributed by atoms with Gasteiger partial charge in [0, 0.05) is 6.04 Å². The summed E-state index contributed by atoms with van der Waals surface area (Å²) >= 11 is 0. The minimum absolute atomic E-state index is 0.0245. The molecule has 0 bridgehead atoms. The van der Waals surface area contributed by atoms with E-state index in [9.17, 15) is 9.90 Å². The third kappa shape index (κ3) is 1.56. The highest BCUT2D eigenvalue weighted by Crippen LogP contribution is 2.34. The molecule has 1 unspecified atom stereocenters. The zero-order chi connectivity index (χ0) is 10.4. The lowest BCUT2D eigenvalue weighted by Gasteiger charge is -2.32. The predicted molar refractivity (Wildman–Crippen MR) is 47.8 cm³/mol. The molecule has 1 saturated heterocycles. The van der Waals surface area contributed by atoms with Crippen molar-refractivity contribution in [3.05, 3.63) is 0 Å². The Balaban J connectivity index is 3.02. The fourth-order valence-corrected chi connectivity index (χ4v) is 1.90. The minimum Gasteiger partial charge on any atom is -0.358 e. The predicted octanol–water partition coefficient (Wildman–Crippen LogP) is 0.698. The normalized spacial score (nSPS) is 33.2. The number of aliphatic hydroxyl groups is 1. The van der Waals surface area contributed by atoms with E-state index >= 15 is 0 Å². The third-order valence-corrected chi connectivity index (χ3v) is 2.16. The molecule has 0 aliphatic carbocycles. The van der Waals surface area contributed by atoms with Gasteiger partial charge in [-0.05, 0) is 34.6 Å². The van der Waals surface area contributed by atoms with Crippen molar-refractivity contribution in [2.45, 2.75) is 52.2 Å². The van der Waals surface area contributed by atoms with Crippen LogP contribution in [0.25, 0.3) is 0 Å². The first-order valence-electron chi connectivity index (χ1n) is 4.45. The van der Waals surface area contributed by atoms with Crippen LogP contribution in [0.2, 0.25) is 0 Å². The van der Waals surface area contributed by atoms with Gasteiger partial charge in [-0.1, -0.05) is 0 Å². The summed E-state index contributed by atoms with van der Waals surface area (Å²) in [6.07, 6.45) is 0. The highest BCUT2D eigenvalue weighted by molar-refractivity contribution is 5.85. The van der Waals surface area contributed by atoms with Crippen LogP contribution in [0.1, 0.15) is 34.6 Å².